The van der Waals surface area contributed by atoms with Crippen molar-refractivity contribution in [3.05, 3.63) is 112 Å². The molecule has 0 aromatic heterocycles. The zero-order valence-corrected chi connectivity index (χ0v) is 23.7. The number of rotatable bonds is 9. The molecule has 40 heavy (non-hydrogen) atoms. The van der Waals surface area contributed by atoms with Crippen LogP contribution in [-0.2, 0) is 19.6 Å². The molecular weight excluding hydrogens is 575 g/mol. The molecule has 1 atom stereocenters. The molecule has 8 nitrogen and oxygen atoms in total. The first-order chi connectivity index (χ1) is 19.0. The minimum atomic E-state index is -4.09. The molecule has 11 heteroatoms. The van der Waals surface area contributed by atoms with E-state index in [0.717, 1.165) is 11.6 Å². The van der Waals surface area contributed by atoms with Crippen molar-refractivity contribution in [2.75, 3.05) is 10.0 Å². The van der Waals surface area contributed by atoms with Crippen LogP contribution >= 0.6 is 23.2 Å². The normalized spacial score (nSPS) is 11.8. The van der Waals surface area contributed by atoms with E-state index in [0.29, 0.717) is 22.2 Å². The van der Waals surface area contributed by atoms with Crippen molar-refractivity contribution in [2.24, 2.45) is 0 Å². The maximum Gasteiger partial charge on any atom is 0.340 e. The number of halogens is 2. The number of benzene rings is 4. The summed E-state index contributed by atoms with van der Waals surface area (Å²) >= 11 is 12.2. The highest BCUT2D eigenvalue weighted by Gasteiger charge is 2.24. The van der Waals surface area contributed by atoms with Gasteiger partial charge in [0.25, 0.3) is 15.9 Å². The van der Waals surface area contributed by atoms with Crippen LogP contribution in [0.2, 0.25) is 10.0 Å². The molecular formula is C29H24Cl2N2O6S. The first-order valence-corrected chi connectivity index (χ1v) is 14.2. The molecule has 0 aliphatic heterocycles. The SMILES string of the molecule is Cc1ccc(NS(=O)(=O)c2ccc(Cl)c(C(=O)O[C@@H](C)C(=O)Nc3ccc(Oc4ccccc4)cc3)c2)cc1Cl. The average molecular weight is 599 g/mol. The van der Waals surface area contributed by atoms with E-state index in [1.807, 2.05) is 30.3 Å². The van der Waals surface area contributed by atoms with E-state index in [4.69, 9.17) is 32.7 Å². The molecule has 1 amide bonds. The number of aryl methyl sites for hydroxylation is 1. The van der Waals surface area contributed by atoms with E-state index in [9.17, 15) is 18.0 Å². The number of esters is 1. The molecule has 206 valence electrons. The Morgan fingerprint density at radius 1 is 0.800 bits per heavy atom. The molecule has 0 radical (unpaired) electrons. The molecule has 0 aliphatic carbocycles. The lowest BCUT2D eigenvalue weighted by atomic mass is 10.2. The maximum absolute atomic E-state index is 12.9. The van der Waals surface area contributed by atoms with E-state index in [1.165, 1.54) is 25.1 Å². The predicted octanol–water partition coefficient (Wildman–Crippen LogP) is 7.08. The minimum Gasteiger partial charge on any atom is -0.457 e. The van der Waals surface area contributed by atoms with Gasteiger partial charge in [-0.2, -0.15) is 0 Å². The smallest absolute Gasteiger partial charge is 0.340 e. The third-order valence-electron chi connectivity index (χ3n) is 5.65. The molecule has 4 aromatic carbocycles. The summed E-state index contributed by atoms with van der Waals surface area (Å²) in [6.07, 6.45) is -1.21. The number of anilines is 2. The van der Waals surface area contributed by atoms with E-state index >= 15 is 0 Å². The van der Waals surface area contributed by atoms with Gasteiger partial charge in [0.2, 0.25) is 0 Å². The lowest BCUT2D eigenvalue weighted by molar-refractivity contribution is -0.123. The Labute approximate surface area is 241 Å². The third-order valence-corrected chi connectivity index (χ3v) is 7.76. The Bertz CT molecular complexity index is 1650. The second-order valence-corrected chi connectivity index (χ2v) is 11.2. The Morgan fingerprint density at radius 3 is 2.12 bits per heavy atom. The Balaban J connectivity index is 1.40. The Morgan fingerprint density at radius 2 is 1.45 bits per heavy atom. The molecule has 4 rings (SSSR count). The zero-order valence-electron chi connectivity index (χ0n) is 21.4. The summed E-state index contributed by atoms with van der Waals surface area (Å²) in [6, 6.07) is 24.2. The zero-order chi connectivity index (χ0) is 28.9. The van der Waals surface area contributed by atoms with E-state index in [-0.39, 0.29) is 21.2 Å². The summed E-state index contributed by atoms with van der Waals surface area (Å²) in [5.74, 6) is -0.309. The summed E-state index contributed by atoms with van der Waals surface area (Å²) in [5.41, 5.74) is 1.28. The third kappa shape index (κ3) is 7.32. The van der Waals surface area contributed by atoms with Gasteiger partial charge in [-0.05, 0) is 86.1 Å². The fourth-order valence-electron chi connectivity index (χ4n) is 3.45. The second kappa shape index (κ2) is 12.4. The van der Waals surface area contributed by atoms with Crippen molar-refractivity contribution in [2.45, 2.75) is 24.8 Å². The summed E-state index contributed by atoms with van der Waals surface area (Å²) < 4.78 is 39.3. The van der Waals surface area contributed by atoms with Gasteiger partial charge in [-0.1, -0.05) is 47.5 Å². The molecule has 0 fully saturated rings. The number of amides is 1. The summed E-state index contributed by atoms with van der Waals surface area (Å²) in [7, 11) is -4.09. The van der Waals surface area contributed by atoms with Crippen LogP contribution in [0.1, 0.15) is 22.8 Å². The van der Waals surface area contributed by atoms with Gasteiger partial charge in [-0.25, -0.2) is 13.2 Å². The Kier molecular flexibility index (Phi) is 8.99. The van der Waals surface area contributed by atoms with E-state index < -0.39 is 28.0 Å². The highest BCUT2D eigenvalue weighted by molar-refractivity contribution is 7.92. The summed E-state index contributed by atoms with van der Waals surface area (Å²) in [4.78, 5) is 25.3. The number of nitrogens with one attached hydrogen (secondary N) is 2. The molecule has 0 heterocycles. The number of carbonyl (C=O) groups is 2. The molecule has 0 unspecified atom stereocenters. The van der Waals surface area contributed by atoms with Crippen molar-refractivity contribution in [1.82, 2.24) is 0 Å². The highest BCUT2D eigenvalue weighted by Crippen LogP contribution is 2.26. The number of hydrogen-bond acceptors (Lipinski definition) is 6. The van der Waals surface area contributed by atoms with Gasteiger partial charge in [0.15, 0.2) is 6.10 Å². The first kappa shape index (κ1) is 28.9. The van der Waals surface area contributed by atoms with Crippen LogP contribution in [0.3, 0.4) is 0 Å². The monoisotopic (exact) mass is 598 g/mol. The first-order valence-electron chi connectivity index (χ1n) is 12.0. The van der Waals surface area contributed by atoms with Crippen molar-refractivity contribution < 1.29 is 27.5 Å². The van der Waals surface area contributed by atoms with Crippen LogP contribution in [-0.4, -0.2) is 26.4 Å². The number of para-hydroxylation sites is 1. The number of ether oxygens (including phenoxy) is 2. The number of carbonyl (C=O) groups excluding carboxylic acids is 2. The molecule has 0 saturated carbocycles. The highest BCUT2D eigenvalue weighted by atomic mass is 35.5. The molecule has 0 aliphatic rings. The maximum atomic E-state index is 12.9. The molecule has 0 bridgehead atoms. The van der Waals surface area contributed by atoms with E-state index in [1.54, 1.807) is 43.3 Å². The second-order valence-electron chi connectivity index (χ2n) is 8.69. The van der Waals surface area contributed by atoms with Gasteiger partial charge in [0.1, 0.15) is 11.5 Å². The summed E-state index contributed by atoms with van der Waals surface area (Å²) in [5, 5.41) is 3.01. The Hall–Kier alpha value is -4.05. The number of hydrogen-bond donors (Lipinski definition) is 2. The van der Waals surface area contributed by atoms with E-state index in [2.05, 4.69) is 10.0 Å². The van der Waals surface area contributed by atoms with Crippen LogP contribution in [0.25, 0.3) is 0 Å². The number of sulfonamides is 1. The van der Waals surface area contributed by atoms with Crippen molar-refractivity contribution in [3.8, 4) is 11.5 Å². The lowest BCUT2D eigenvalue weighted by Crippen LogP contribution is -2.30. The van der Waals surface area contributed by atoms with Gasteiger partial charge in [0.05, 0.1) is 21.2 Å². The predicted molar refractivity (Wildman–Crippen MR) is 155 cm³/mol. The van der Waals surface area contributed by atoms with Crippen molar-refractivity contribution >= 4 is 56.5 Å². The topological polar surface area (TPSA) is 111 Å². The lowest BCUT2D eigenvalue weighted by Gasteiger charge is -2.15. The summed E-state index contributed by atoms with van der Waals surface area (Å²) in [6.45, 7) is 3.17. The largest absolute Gasteiger partial charge is 0.457 e. The fraction of sp³-hybridized carbons (Fsp3) is 0.103. The van der Waals surface area contributed by atoms with Crippen LogP contribution in [0.15, 0.2) is 95.9 Å². The molecule has 0 saturated heterocycles. The van der Waals surface area contributed by atoms with Gasteiger partial charge in [0, 0.05) is 10.7 Å². The molecule has 0 spiro atoms. The van der Waals surface area contributed by atoms with Crippen LogP contribution < -0.4 is 14.8 Å². The fourth-order valence-corrected chi connectivity index (χ4v) is 4.90. The van der Waals surface area contributed by atoms with Crippen molar-refractivity contribution in [3.63, 3.8) is 0 Å². The molecule has 4 aromatic rings. The van der Waals surface area contributed by atoms with Crippen LogP contribution in [0, 0.1) is 6.92 Å². The van der Waals surface area contributed by atoms with Gasteiger partial charge in [-0.3, -0.25) is 9.52 Å². The van der Waals surface area contributed by atoms with Gasteiger partial charge >= 0.3 is 5.97 Å². The minimum absolute atomic E-state index is 0.0380. The van der Waals surface area contributed by atoms with Crippen LogP contribution in [0.5, 0.6) is 11.5 Å². The quantitative estimate of drug-likeness (QED) is 0.199. The van der Waals surface area contributed by atoms with Crippen LogP contribution in [0.4, 0.5) is 11.4 Å². The van der Waals surface area contributed by atoms with Gasteiger partial charge < -0.3 is 14.8 Å². The van der Waals surface area contributed by atoms with Crippen molar-refractivity contribution in [1.29, 1.82) is 0 Å². The van der Waals surface area contributed by atoms with Gasteiger partial charge in [-0.15, -0.1) is 0 Å². The standard InChI is InChI=1S/C29H24Cl2N2O6S/c1-18-8-9-21(16-27(18)31)33-40(36,37)24-14-15-26(30)25(17-24)29(35)38-19(2)28(34)32-20-10-12-23(13-11-20)39-22-6-4-3-5-7-22/h3-17,19,33H,1-2H3,(H,32,34)/t19-/m0/s1. The average Bonchev–Trinajstić information content (AvgIpc) is 2.92. The molecule has 2 N–H and O–H groups in total.